The van der Waals surface area contributed by atoms with Gasteiger partial charge in [-0.25, -0.2) is 4.98 Å². The van der Waals surface area contributed by atoms with Gasteiger partial charge in [0.1, 0.15) is 17.2 Å². The predicted octanol–water partition coefficient (Wildman–Crippen LogP) is 5.44. The first-order valence-electron chi connectivity index (χ1n) is 8.45. The first-order valence-corrected chi connectivity index (χ1v) is 9.33. The fraction of sp³-hybridized carbons (Fsp3) is 0.158. The van der Waals surface area contributed by atoms with Gasteiger partial charge in [-0.2, -0.15) is 0 Å². The number of rotatable bonds is 7. The Morgan fingerprint density at radius 1 is 1.03 bits per heavy atom. The van der Waals surface area contributed by atoms with E-state index in [1.807, 2.05) is 6.92 Å². The summed E-state index contributed by atoms with van der Waals surface area (Å²) in [4.78, 5) is 16.5. The highest BCUT2D eigenvalue weighted by Crippen LogP contribution is 2.26. The van der Waals surface area contributed by atoms with Crippen molar-refractivity contribution in [2.45, 2.75) is 13.3 Å². The van der Waals surface area contributed by atoms with Crippen molar-refractivity contribution in [3.05, 3.63) is 59.6 Å². The molecule has 0 aliphatic heterocycles. The summed E-state index contributed by atoms with van der Waals surface area (Å²) in [5.74, 6) is 0.00212. The zero-order chi connectivity index (χ0) is 20.9. The van der Waals surface area contributed by atoms with Crippen LogP contribution in [0.2, 0.25) is 0 Å². The number of anilines is 3. The monoisotopic (exact) mass is 423 g/mol. The number of aromatic nitrogens is 1. The van der Waals surface area contributed by atoms with Crippen LogP contribution in [0.25, 0.3) is 0 Å². The molecule has 1 aromatic heterocycles. The Morgan fingerprint density at radius 2 is 1.66 bits per heavy atom. The minimum atomic E-state index is -4.74. The first kappa shape index (κ1) is 20.5. The molecule has 0 saturated carbocycles. The van der Waals surface area contributed by atoms with Crippen LogP contribution in [0, 0.1) is 0 Å². The molecule has 2 N–H and O–H groups in total. The molecule has 2 aromatic carbocycles. The number of nitrogens with zero attached hydrogens (tertiary/aromatic N) is 1. The summed E-state index contributed by atoms with van der Waals surface area (Å²) in [6.45, 7) is 2.44. The predicted molar refractivity (Wildman–Crippen MR) is 104 cm³/mol. The average molecular weight is 423 g/mol. The van der Waals surface area contributed by atoms with E-state index in [-0.39, 0.29) is 17.4 Å². The van der Waals surface area contributed by atoms with E-state index in [0.29, 0.717) is 28.9 Å². The molecule has 0 bridgehead atoms. The van der Waals surface area contributed by atoms with Crippen molar-refractivity contribution in [2.24, 2.45) is 0 Å². The largest absolute Gasteiger partial charge is 0.573 e. The highest BCUT2D eigenvalue weighted by molar-refractivity contribution is 7.14. The van der Waals surface area contributed by atoms with Crippen molar-refractivity contribution in [3.63, 3.8) is 0 Å². The number of carbonyl (C=O) groups excluding carboxylic acids is 1. The number of benzene rings is 2. The van der Waals surface area contributed by atoms with E-state index in [1.54, 1.807) is 29.6 Å². The van der Waals surface area contributed by atoms with Crippen LogP contribution < -0.4 is 20.1 Å². The lowest BCUT2D eigenvalue weighted by molar-refractivity contribution is -0.274. The second-order valence-corrected chi connectivity index (χ2v) is 6.50. The number of halogens is 3. The van der Waals surface area contributed by atoms with Gasteiger partial charge in [0.05, 0.1) is 6.61 Å². The van der Waals surface area contributed by atoms with E-state index < -0.39 is 6.36 Å². The zero-order valence-electron chi connectivity index (χ0n) is 15.1. The third-order valence-electron chi connectivity index (χ3n) is 3.50. The second kappa shape index (κ2) is 8.82. The summed E-state index contributed by atoms with van der Waals surface area (Å²) in [5, 5.41) is 7.66. The van der Waals surface area contributed by atoms with E-state index in [2.05, 4.69) is 20.4 Å². The molecule has 0 fully saturated rings. The highest BCUT2D eigenvalue weighted by Gasteiger charge is 2.30. The molecule has 0 radical (unpaired) electrons. The van der Waals surface area contributed by atoms with Gasteiger partial charge in [0.25, 0.3) is 5.91 Å². The molecular formula is C19H16F3N3O3S. The second-order valence-electron chi connectivity index (χ2n) is 5.65. The summed E-state index contributed by atoms with van der Waals surface area (Å²) in [6.07, 6.45) is -4.74. The van der Waals surface area contributed by atoms with Crippen molar-refractivity contribution in [1.29, 1.82) is 0 Å². The van der Waals surface area contributed by atoms with Crippen molar-refractivity contribution < 1.29 is 27.4 Å². The lowest BCUT2D eigenvalue weighted by atomic mass is 10.3. The Morgan fingerprint density at radius 3 is 2.28 bits per heavy atom. The van der Waals surface area contributed by atoms with Gasteiger partial charge in [0.2, 0.25) is 0 Å². The highest BCUT2D eigenvalue weighted by atomic mass is 32.1. The minimum Gasteiger partial charge on any atom is -0.494 e. The van der Waals surface area contributed by atoms with Gasteiger partial charge in [-0.3, -0.25) is 4.79 Å². The molecule has 10 heteroatoms. The third-order valence-corrected chi connectivity index (χ3v) is 4.26. The maximum Gasteiger partial charge on any atom is 0.573 e. The van der Waals surface area contributed by atoms with Crippen LogP contribution in [0.15, 0.2) is 53.9 Å². The molecule has 152 valence electrons. The van der Waals surface area contributed by atoms with Gasteiger partial charge in [-0.15, -0.1) is 24.5 Å². The number of thiazole rings is 1. The molecule has 1 amide bonds. The van der Waals surface area contributed by atoms with E-state index in [1.165, 1.54) is 35.6 Å². The Hall–Kier alpha value is -3.27. The number of hydrogen-bond donors (Lipinski definition) is 2. The molecule has 6 nitrogen and oxygen atoms in total. The molecule has 0 saturated heterocycles. The van der Waals surface area contributed by atoms with Crippen molar-refractivity contribution in [2.75, 3.05) is 17.2 Å². The molecule has 1 heterocycles. The minimum absolute atomic E-state index is 0.211. The van der Waals surface area contributed by atoms with Crippen molar-refractivity contribution in [3.8, 4) is 11.5 Å². The molecule has 29 heavy (non-hydrogen) atoms. The number of amides is 1. The standard InChI is InChI=1S/C19H16F3N3O3S/c1-2-27-14-7-3-12(4-8-14)23-17(26)16-11-29-18(25-16)24-13-5-9-15(10-6-13)28-19(20,21)22/h3-11H,2H2,1H3,(H,23,26)(H,24,25). The van der Waals surface area contributed by atoms with Crippen LogP contribution in [-0.4, -0.2) is 23.9 Å². The number of nitrogens with one attached hydrogen (secondary N) is 2. The van der Waals surface area contributed by atoms with Gasteiger partial charge in [-0.1, -0.05) is 0 Å². The number of ether oxygens (including phenoxy) is 2. The zero-order valence-corrected chi connectivity index (χ0v) is 15.9. The molecule has 3 rings (SSSR count). The van der Waals surface area contributed by atoms with Gasteiger partial charge in [-0.05, 0) is 55.5 Å². The van der Waals surface area contributed by atoms with Crippen LogP contribution in [-0.2, 0) is 0 Å². The maximum atomic E-state index is 12.3. The number of hydrogen-bond acceptors (Lipinski definition) is 6. The summed E-state index contributed by atoms with van der Waals surface area (Å²) in [6, 6.07) is 12.1. The Bertz CT molecular complexity index is 957. The molecular weight excluding hydrogens is 407 g/mol. The Balaban J connectivity index is 1.59. The first-order chi connectivity index (χ1) is 13.8. The van der Waals surface area contributed by atoms with Crippen LogP contribution in [0.5, 0.6) is 11.5 Å². The van der Waals surface area contributed by atoms with Gasteiger partial charge in [0, 0.05) is 16.8 Å². The molecule has 0 aliphatic rings. The maximum absolute atomic E-state index is 12.3. The molecule has 0 atom stereocenters. The summed E-state index contributed by atoms with van der Waals surface area (Å²) >= 11 is 1.19. The molecule has 0 aliphatic carbocycles. The Labute approximate surface area is 168 Å². The fourth-order valence-electron chi connectivity index (χ4n) is 2.30. The van der Waals surface area contributed by atoms with Crippen LogP contribution >= 0.6 is 11.3 Å². The topological polar surface area (TPSA) is 72.5 Å². The number of carbonyl (C=O) groups is 1. The molecule has 3 aromatic rings. The van der Waals surface area contributed by atoms with E-state index in [9.17, 15) is 18.0 Å². The SMILES string of the molecule is CCOc1ccc(NC(=O)c2csc(Nc3ccc(OC(F)(F)F)cc3)n2)cc1. The van der Waals surface area contributed by atoms with Gasteiger partial charge in [0.15, 0.2) is 5.13 Å². The van der Waals surface area contributed by atoms with Crippen LogP contribution in [0.4, 0.5) is 29.7 Å². The quantitative estimate of drug-likeness (QED) is 0.530. The summed E-state index contributed by atoms with van der Waals surface area (Å²) in [5.41, 5.74) is 1.32. The summed E-state index contributed by atoms with van der Waals surface area (Å²) < 4.78 is 45.7. The number of alkyl halides is 3. The average Bonchev–Trinajstić information content (AvgIpc) is 3.13. The Kier molecular flexibility index (Phi) is 6.23. The molecule has 0 unspecified atom stereocenters. The van der Waals surface area contributed by atoms with Gasteiger partial charge < -0.3 is 20.1 Å². The van der Waals surface area contributed by atoms with Gasteiger partial charge >= 0.3 is 6.36 Å². The van der Waals surface area contributed by atoms with E-state index in [4.69, 9.17) is 4.74 Å². The van der Waals surface area contributed by atoms with E-state index in [0.717, 1.165) is 0 Å². The fourth-order valence-corrected chi connectivity index (χ4v) is 3.01. The summed E-state index contributed by atoms with van der Waals surface area (Å²) in [7, 11) is 0. The van der Waals surface area contributed by atoms with Crippen molar-refractivity contribution >= 4 is 33.8 Å². The van der Waals surface area contributed by atoms with Crippen LogP contribution in [0.3, 0.4) is 0 Å². The van der Waals surface area contributed by atoms with E-state index >= 15 is 0 Å². The lowest BCUT2D eigenvalue weighted by Crippen LogP contribution is -2.16. The smallest absolute Gasteiger partial charge is 0.494 e. The normalized spacial score (nSPS) is 11.0. The third kappa shape index (κ3) is 6.11. The lowest BCUT2D eigenvalue weighted by Gasteiger charge is -2.09. The van der Waals surface area contributed by atoms with Crippen molar-refractivity contribution in [1.82, 2.24) is 4.98 Å². The molecule has 0 spiro atoms. The van der Waals surface area contributed by atoms with Crippen LogP contribution in [0.1, 0.15) is 17.4 Å².